The van der Waals surface area contributed by atoms with Crippen molar-refractivity contribution in [2.75, 3.05) is 19.0 Å². The van der Waals surface area contributed by atoms with Crippen LogP contribution in [0.4, 0.5) is 14.5 Å². The maximum absolute atomic E-state index is 13.5. The summed E-state index contributed by atoms with van der Waals surface area (Å²) in [5.74, 6) is -3.01. The quantitative estimate of drug-likeness (QED) is 0.759. The molecule has 0 atom stereocenters. The fourth-order valence-corrected chi connectivity index (χ4v) is 1.64. The summed E-state index contributed by atoms with van der Waals surface area (Å²) in [6.07, 6.45) is 0.655. The van der Waals surface area contributed by atoms with Crippen molar-refractivity contribution in [3.63, 3.8) is 0 Å². The van der Waals surface area contributed by atoms with E-state index in [4.69, 9.17) is 0 Å². The molecule has 0 radical (unpaired) electrons. The zero-order valence-electron chi connectivity index (χ0n) is 8.60. The summed E-state index contributed by atoms with van der Waals surface area (Å²) in [5.41, 5.74) is 0.444. The predicted octanol–water partition coefficient (Wildman–Crippen LogP) is 3.79. The molecule has 1 rings (SSSR count). The number of rotatable bonds is 3. The number of hydrogen-bond acceptors (Lipinski definition) is 1. The van der Waals surface area contributed by atoms with E-state index in [0.717, 1.165) is 0 Å². The van der Waals surface area contributed by atoms with Gasteiger partial charge in [0.25, 0.3) is 5.92 Å². The van der Waals surface area contributed by atoms with Crippen LogP contribution in [0.1, 0.15) is 5.56 Å². The Morgan fingerprint density at radius 1 is 1.40 bits per heavy atom. The lowest BCUT2D eigenvalue weighted by Gasteiger charge is -2.21. The number of halogens is 3. The molecule has 0 saturated heterocycles. The van der Waals surface area contributed by atoms with E-state index in [2.05, 4.69) is 22.5 Å². The molecule has 1 aromatic rings. The number of hydrogen-bond donors (Lipinski definition) is 0. The summed E-state index contributed by atoms with van der Waals surface area (Å²) >= 11 is 3.18. The lowest BCUT2D eigenvalue weighted by atomic mass is 10.1. The monoisotopic (exact) mass is 275 g/mol. The van der Waals surface area contributed by atoms with Gasteiger partial charge in [-0.05, 0) is 24.3 Å². The fourth-order valence-electron chi connectivity index (χ4n) is 1.28. The van der Waals surface area contributed by atoms with E-state index >= 15 is 0 Å². The van der Waals surface area contributed by atoms with E-state index in [1.54, 1.807) is 31.1 Å². The summed E-state index contributed by atoms with van der Waals surface area (Å²) in [4.78, 5) is 1.65. The molecule has 4 heteroatoms. The number of nitrogens with zero attached hydrogens (tertiary/aromatic N) is 1. The van der Waals surface area contributed by atoms with Gasteiger partial charge in [-0.2, -0.15) is 8.78 Å². The molecule has 0 heterocycles. The molecule has 15 heavy (non-hydrogen) atoms. The predicted molar refractivity (Wildman–Crippen MR) is 62.6 cm³/mol. The highest BCUT2D eigenvalue weighted by molar-refractivity contribution is 9.10. The highest BCUT2D eigenvalue weighted by atomic mass is 79.9. The molecule has 0 aromatic heterocycles. The van der Waals surface area contributed by atoms with E-state index in [-0.39, 0.29) is 5.56 Å². The van der Waals surface area contributed by atoms with E-state index in [9.17, 15) is 8.78 Å². The Bertz CT molecular complexity index is 375. The van der Waals surface area contributed by atoms with Crippen molar-refractivity contribution in [1.29, 1.82) is 0 Å². The first-order valence-electron chi connectivity index (χ1n) is 4.37. The van der Waals surface area contributed by atoms with Gasteiger partial charge >= 0.3 is 0 Å². The van der Waals surface area contributed by atoms with Gasteiger partial charge in [0.1, 0.15) is 0 Å². The lowest BCUT2D eigenvalue weighted by molar-refractivity contribution is 0.0530. The second-order valence-corrected chi connectivity index (χ2v) is 4.30. The largest absolute Gasteiger partial charge is 0.377 e. The lowest BCUT2D eigenvalue weighted by Crippen LogP contribution is -2.18. The van der Waals surface area contributed by atoms with E-state index < -0.39 is 5.92 Å². The smallest absolute Gasteiger partial charge is 0.293 e. The third kappa shape index (κ3) is 2.56. The molecule has 0 aliphatic rings. The molecule has 0 fully saturated rings. The van der Waals surface area contributed by atoms with Gasteiger partial charge in [-0.15, -0.1) is 0 Å². The Hall–Kier alpha value is -0.900. The van der Waals surface area contributed by atoms with Crippen LogP contribution in [-0.4, -0.2) is 14.1 Å². The molecule has 0 amide bonds. The SMILES string of the molecule is C=CC(F)(F)c1cc(Br)ccc1N(C)C. The Balaban J connectivity index is 3.37. The molecule has 0 saturated carbocycles. The fraction of sp³-hybridized carbons (Fsp3) is 0.273. The normalized spacial score (nSPS) is 11.3. The van der Waals surface area contributed by atoms with Crippen molar-refractivity contribution in [3.8, 4) is 0 Å². The Labute approximate surface area is 96.5 Å². The van der Waals surface area contributed by atoms with Gasteiger partial charge in [0.15, 0.2) is 0 Å². The minimum atomic E-state index is -3.01. The van der Waals surface area contributed by atoms with Gasteiger partial charge in [0.2, 0.25) is 0 Å². The molecule has 0 spiro atoms. The zero-order valence-corrected chi connectivity index (χ0v) is 10.2. The highest BCUT2D eigenvalue weighted by Crippen LogP contribution is 2.37. The van der Waals surface area contributed by atoms with E-state index in [0.29, 0.717) is 16.2 Å². The van der Waals surface area contributed by atoms with E-state index in [1.807, 2.05) is 0 Å². The van der Waals surface area contributed by atoms with Gasteiger partial charge in [-0.25, -0.2) is 0 Å². The summed E-state index contributed by atoms with van der Waals surface area (Å²) < 4.78 is 27.7. The average Bonchev–Trinajstić information content (AvgIpc) is 2.17. The summed E-state index contributed by atoms with van der Waals surface area (Å²) in [6.45, 7) is 3.16. The molecule has 0 aliphatic heterocycles. The maximum Gasteiger partial charge on any atom is 0.293 e. The van der Waals surface area contributed by atoms with E-state index in [1.165, 1.54) is 6.07 Å². The molecule has 1 nitrogen and oxygen atoms in total. The molecule has 0 N–H and O–H groups in total. The maximum atomic E-state index is 13.5. The van der Waals surface area contributed by atoms with Crippen LogP contribution in [0.25, 0.3) is 0 Å². The highest BCUT2D eigenvalue weighted by Gasteiger charge is 2.30. The van der Waals surface area contributed by atoms with Gasteiger partial charge in [0, 0.05) is 29.8 Å². The van der Waals surface area contributed by atoms with Crippen LogP contribution in [-0.2, 0) is 5.92 Å². The minimum absolute atomic E-state index is 0.0446. The number of benzene rings is 1. The van der Waals surface area contributed by atoms with Crippen LogP contribution in [0.5, 0.6) is 0 Å². The second kappa shape index (κ2) is 4.31. The van der Waals surface area contributed by atoms with Crippen LogP contribution < -0.4 is 4.90 Å². The van der Waals surface area contributed by atoms with Crippen LogP contribution in [0.3, 0.4) is 0 Å². The number of alkyl halides is 2. The van der Waals surface area contributed by atoms with Crippen molar-refractivity contribution in [2.24, 2.45) is 0 Å². The van der Waals surface area contributed by atoms with Crippen molar-refractivity contribution < 1.29 is 8.78 Å². The number of anilines is 1. The molecule has 1 aromatic carbocycles. The van der Waals surface area contributed by atoms with Crippen molar-refractivity contribution in [2.45, 2.75) is 5.92 Å². The Kier molecular flexibility index (Phi) is 3.50. The molecule has 0 bridgehead atoms. The van der Waals surface area contributed by atoms with Crippen molar-refractivity contribution >= 4 is 21.6 Å². The van der Waals surface area contributed by atoms with Crippen molar-refractivity contribution in [1.82, 2.24) is 0 Å². The first kappa shape index (κ1) is 12.2. The van der Waals surface area contributed by atoms with Gasteiger partial charge in [-0.3, -0.25) is 0 Å². The third-order valence-electron chi connectivity index (χ3n) is 2.06. The summed E-state index contributed by atoms with van der Waals surface area (Å²) in [6, 6.07) is 4.80. The van der Waals surface area contributed by atoms with Crippen LogP contribution in [0, 0.1) is 0 Å². The zero-order chi connectivity index (χ0) is 11.6. The second-order valence-electron chi connectivity index (χ2n) is 3.38. The summed E-state index contributed by atoms with van der Waals surface area (Å²) in [5, 5.41) is 0. The molecule has 0 unspecified atom stereocenters. The average molecular weight is 276 g/mol. The van der Waals surface area contributed by atoms with Crippen molar-refractivity contribution in [3.05, 3.63) is 40.9 Å². The summed E-state index contributed by atoms with van der Waals surface area (Å²) in [7, 11) is 3.46. The van der Waals surface area contributed by atoms with Gasteiger partial charge in [-0.1, -0.05) is 22.5 Å². The Morgan fingerprint density at radius 3 is 2.47 bits per heavy atom. The first-order valence-corrected chi connectivity index (χ1v) is 5.16. The first-order chi connectivity index (χ1) is 6.88. The number of allylic oxidation sites excluding steroid dienone is 1. The molecule has 82 valence electrons. The third-order valence-corrected chi connectivity index (χ3v) is 2.55. The van der Waals surface area contributed by atoms with Gasteiger partial charge < -0.3 is 4.90 Å². The Morgan fingerprint density at radius 2 is 2.00 bits per heavy atom. The topological polar surface area (TPSA) is 3.24 Å². The molecular formula is C11H12BrF2N. The van der Waals surface area contributed by atoms with Gasteiger partial charge in [0.05, 0.1) is 0 Å². The molecular weight excluding hydrogens is 264 g/mol. The molecule has 0 aliphatic carbocycles. The standard InChI is InChI=1S/C11H12BrF2N/c1-4-11(13,14)9-7-8(12)5-6-10(9)15(2)3/h4-7H,1H2,2-3H3. The van der Waals surface area contributed by atoms with Crippen LogP contribution >= 0.6 is 15.9 Å². The van der Waals surface area contributed by atoms with Crippen LogP contribution in [0.15, 0.2) is 35.3 Å². The van der Waals surface area contributed by atoms with Crippen LogP contribution in [0.2, 0.25) is 0 Å². The minimum Gasteiger partial charge on any atom is -0.377 e.